The van der Waals surface area contributed by atoms with Crippen LogP contribution in [0.1, 0.15) is 19.5 Å². The number of rotatable bonds is 12. The van der Waals surface area contributed by atoms with E-state index in [0.717, 1.165) is 41.8 Å². The molecule has 0 unspecified atom stereocenters. The molecule has 0 aliphatic carbocycles. The van der Waals surface area contributed by atoms with E-state index >= 15 is 0 Å². The number of halogens is 4. The molecular formula is C52H51BCuF4N3O2P2+2. The van der Waals surface area contributed by atoms with Crippen molar-refractivity contribution in [3.63, 3.8) is 0 Å². The summed E-state index contributed by atoms with van der Waals surface area (Å²) in [4.78, 5) is 8.41. The molecule has 0 fully saturated rings. The van der Waals surface area contributed by atoms with Gasteiger partial charge in [0.05, 0.1) is 17.6 Å². The van der Waals surface area contributed by atoms with Gasteiger partial charge in [-0.25, -0.2) is 0 Å². The average molecular weight is 962 g/mol. The smallest absolute Gasteiger partial charge is 0.449 e. The van der Waals surface area contributed by atoms with Crippen molar-refractivity contribution in [1.82, 2.24) is 4.98 Å². The van der Waals surface area contributed by atoms with Gasteiger partial charge in [-0.3, -0.25) is 9.98 Å². The van der Waals surface area contributed by atoms with Crippen LogP contribution in [0, 0.1) is 0 Å². The van der Waals surface area contributed by atoms with E-state index < -0.39 is 23.1 Å². The first-order valence-corrected chi connectivity index (χ1v) is 23.7. The van der Waals surface area contributed by atoms with Crippen molar-refractivity contribution >= 4 is 72.5 Å². The van der Waals surface area contributed by atoms with Gasteiger partial charge in [0, 0.05) is 25.1 Å². The molecule has 13 heteroatoms. The zero-order chi connectivity index (χ0) is 45.4. The summed E-state index contributed by atoms with van der Waals surface area (Å²) < 4.78 is 50.8. The molecule has 0 spiro atoms. The molecule has 0 saturated heterocycles. The molecule has 1 aromatic heterocycles. The van der Waals surface area contributed by atoms with Crippen LogP contribution >= 0.6 is 15.8 Å². The zero-order valence-electron chi connectivity index (χ0n) is 36.0. The monoisotopic (exact) mass is 961 g/mol. The molecule has 0 aliphatic rings. The number of nitrogen functional groups attached to an aromatic ring is 1. The van der Waals surface area contributed by atoms with Crippen LogP contribution in [0.4, 0.5) is 28.6 Å². The van der Waals surface area contributed by atoms with Crippen molar-refractivity contribution in [2.75, 3.05) is 18.9 Å². The van der Waals surface area contributed by atoms with Gasteiger partial charge in [-0.2, -0.15) is 0 Å². The van der Waals surface area contributed by atoms with Crippen molar-refractivity contribution in [3.05, 3.63) is 224 Å². The van der Waals surface area contributed by atoms with E-state index in [1.165, 1.54) is 31.8 Å². The van der Waals surface area contributed by atoms with Gasteiger partial charge in [-0.1, -0.05) is 103 Å². The van der Waals surface area contributed by atoms with Gasteiger partial charge < -0.3 is 32.5 Å². The number of para-hydroxylation sites is 2. The van der Waals surface area contributed by atoms with Gasteiger partial charge in [-0.05, 0) is 123 Å². The molecule has 0 atom stereocenters. The summed E-state index contributed by atoms with van der Waals surface area (Å²) >= 11 is 0. The van der Waals surface area contributed by atoms with Gasteiger partial charge in [0.2, 0.25) is 0 Å². The second-order valence-corrected chi connectivity index (χ2v) is 18.6. The van der Waals surface area contributed by atoms with E-state index in [1.54, 1.807) is 12.4 Å². The predicted octanol–water partition coefficient (Wildman–Crippen LogP) is 11.2. The number of nitrogens with two attached hydrogens (primary N) is 1. The molecule has 8 rings (SSSR count). The predicted molar refractivity (Wildman–Crippen MR) is 268 cm³/mol. The molecule has 2 N–H and O–H groups in total. The molecule has 65 heavy (non-hydrogen) atoms. The maximum Gasteiger partial charge on any atom is 1.00 e. The Morgan fingerprint density at radius 1 is 0.508 bits per heavy atom. The van der Waals surface area contributed by atoms with Crippen LogP contribution in [0.5, 0.6) is 11.5 Å². The van der Waals surface area contributed by atoms with Gasteiger partial charge in [0.25, 0.3) is 0 Å². The Hall–Kier alpha value is -5.92. The number of aromatic nitrogens is 1. The van der Waals surface area contributed by atoms with Gasteiger partial charge in [-0.15, -0.1) is 0 Å². The molecular weight excluding hydrogens is 911 g/mol. The van der Waals surface area contributed by atoms with Crippen LogP contribution in [0.15, 0.2) is 224 Å². The first kappa shape index (κ1) is 51.7. The van der Waals surface area contributed by atoms with Crippen LogP contribution in [0.25, 0.3) is 0 Å². The van der Waals surface area contributed by atoms with Crippen molar-refractivity contribution in [2.24, 2.45) is 4.99 Å². The topological polar surface area (TPSA) is 69.7 Å². The SMILES string of the molecule is CCOCC.F[B-](F)(F)F.Nc1ccc(N=Cc2ccccn2)cc1.[Cu+].c1ccc([PH+](c2ccccc2)c2ccccc2Oc2ccccc2[PH+](c2ccccc2)c2ccccc2)cc1. The number of hydrogen-bond donors (Lipinski definition) is 1. The Labute approximate surface area is 392 Å². The Morgan fingerprint density at radius 3 is 1.20 bits per heavy atom. The number of pyridine rings is 1. The van der Waals surface area contributed by atoms with Crippen LogP contribution < -0.4 is 42.3 Å². The third-order valence-corrected chi connectivity index (χ3v) is 14.7. The number of aliphatic imine (C=N–C) groups is 1. The van der Waals surface area contributed by atoms with E-state index in [4.69, 9.17) is 15.2 Å². The molecule has 0 radical (unpaired) electrons. The van der Waals surface area contributed by atoms with Crippen molar-refractivity contribution in [3.8, 4) is 11.5 Å². The minimum absolute atomic E-state index is 0. The Kier molecular flexibility index (Phi) is 22.4. The fraction of sp³-hybridized carbons (Fsp3) is 0.0769. The van der Waals surface area contributed by atoms with Gasteiger partial charge in [0.15, 0.2) is 11.5 Å². The summed E-state index contributed by atoms with van der Waals surface area (Å²) in [6, 6.07) is 73.7. The summed E-state index contributed by atoms with van der Waals surface area (Å²) in [6.07, 6.45) is 3.47. The van der Waals surface area contributed by atoms with E-state index in [-0.39, 0.29) is 17.1 Å². The quantitative estimate of drug-likeness (QED) is 0.0435. The number of hydrogen-bond acceptors (Lipinski definition) is 5. The standard InChI is InChI=1S/C36H28OP2.C12H11N3.C4H10O.BF4.Cu/c1-5-17-29(18-6-1)38(30-19-7-2-8-20-30)35-27-15-13-25-33(35)37-34-26-14-16-28-36(34)39(31-21-9-3-10-22-31)32-23-11-4-12-24-32;13-10-4-6-11(7-5-10)15-9-12-3-1-2-8-14-12;1-3-5-4-2;2-1(3,4)5;/h1-28H;1-9H,13H2;3-4H2,1-2H3;;/q;;;-1;+1/p+2. The summed E-state index contributed by atoms with van der Waals surface area (Å²) in [7, 11) is -8.56. The van der Waals surface area contributed by atoms with Crippen LogP contribution in [0.2, 0.25) is 0 Å². The first-order chi connectivity index (χ1) is 31.1. The summed E-state index contributed by atoms with van der Waals surface area (Å²) in [5.74, 6) is 1.85. The second kappa shape index (κ2) is 28.1. The minimum Gasteiger partial charge on any atom is -0.449 e. The molecule has 336 valence electrons. The second-order valence-electron chi connectivity index (χ2n) is 13.7. The maximum atomic E-state index is 9.75. The number of nitrogens with zero attached hydrogens (tertiary/aromatic N) is 2. The maximum absolute atomic E-state index is 9.75. The van der Waals surface area contributed by atoms with Gasteiger partial charge >= 0.3 is 24.3 Å². The third-order valence-electron chi connectivity index (χ3n) is 9.12. The largest absolute Gasteiger partial charge is 1.00 e. The van der Waals surface area contributed by atoms with Crippen LogP contribution in [-0.2, 0) is 21.8 Å². The zero-order valence-corrected chi connectivity index (χ0v) is 38.9. The van der Waals surface area contributed by atoms with Crippen LogP contribution in [-0.4, -0.2) is 31.7 Å². The number of anilines is 1. The molecule has 5 nitrogen and oxygen atoms in total. The van der Waals surface area contributed by atoms with Crippen molar-refractivity contribution in [1.29, 1.82) is 0 Å². The summed E-state index contributed by atoms with van der Waals surface area (Å²) in [5, 5.41) is 7.88. The van der Waals surface area contributed by atoms with Crippen molar-refractivity contribution in [2.45, 2.75) is 13.8 Å². The van der Waals surface area contributed by atoms with E-state index in [2.05, 4.69) is 180 Å². The molecule has 0 amide bonds. The summed E-state index contributed by atoms with van der Waals surface area (Å²) in [6.45, 7) is 5.67. The molecule has 0 aliphatic heterocycles. The molecule has 7 aromatic carbocycles. The van der Waals surface area contributed by atoms with Gasteiger partial charge in [0.1, 0.15) is 47.7 Å². The number of ether oxygens (including phenoxy) is 2. The number of benzene rings is 7. The Morgan fingerprint density at radius 2 is 0.862 bits per heavy atom. The summed E-state index contributed by atoms with van der Waals surface area (Å²) in [5.41, 5.74) is 8.02. The van der Waals surface area contributed by atoms with Crippen molar-refractivity contribution < 1.29 is 43.8 Å². The Bertz CT molecular complexity index is 2340. The molecule has 1 heterocycles. The van der Waals surface area contributed by atoms with E-state index in [0.29, 0.717) is 0 Å². The minimum atomic E-state index is -6.00. The average Bonchev–Trinajstić information content (AvgIpc) is 3.32. The Balaban J connectivity index is 0.000000292. The fourth-order valence-corrected chi connectivity index (χ4v) is 11.7. The molecule has 0 saturated carbocycles. The molecule has 0 bridgehead atoms. The van der Waals surface area contributed by atoms with E-state index in [1.807, 2.05) is 56.3 Å². The third kappa shape index (κ3) is 17.9. The normalized spacial score (nSPS) is 10.6. The first-order valence-electron chi connectivity index (χ1n) is 20.7. The molecule has 8 aromatic rings. The fourth-order valence-electron chi connectivity index (χ4n) is 6.37. The van der Waals surface area contributed by atoms with E-state index in [9.17, 15) is 17.3 Å². The van der Waals surface area contributed by atoms with Crippen LogP contribution in [0.3, 0.4) is 0 Å².